The molecule has 0 fully saturated rings. The summed E-state index contributed by atoms with van der Waals surface area (Å²) in [6, 6.07) is 15.3. The first-order valence-electron chi connectivity index (χ1n) is 9.21. The molecule has 0 radical (unpaired) electrons. The zero-order valence-electron chi connectivity index (χ0n) is 16.7. The van der Waals surface area contributed by atoms with Gasteiger partial charge >= 0.3 is 0 Å². The molecule has 28 heavy (non-hydrogen) atoms. The molecule has 3 rings (SSSR count). The van der Waals surface area contributed by atoms with Crippen molar-refractivity contribution in [2.45, 2.75) is 13.8 Å². The smallest absolute Gasteiger partial charge is 0.270 e. The van der Waals surface area contributed by atoms with Crippen molar-refractivity contribution in [1.82, 2.24) is 20.0 Å². The van der Waals surface area contributed by atoms with Gasteiger partial charge in [-0.15, -0.1) is 0 Å². The summed E-state index contributed by atoms with van der Waals surface area (Å²) >= 11 is 6.02. The highest BCUT2D eigenvalue weighted by Gasteiger charge is 2.18. The van der Waals surface area contributed by atoms with E-state index in [4.69, 9.17) is 16.7 Å². The number of hydrogen-bond acceptors (Lipinski definition) is 3. The van der Waals surface area contributed by atoms with Crippen LogP contribution in [0, 0.1) is 13.8 Å². The van der Waals surface area contributed by atoms with Gasteiger partial charge in [0.2, 0.25) is 0 Å². The zero-order chi connectivity index (χ0) is 20.3. The average molecular weight is 397 g/mol. The fraction of sp³-hybridized carbons (Fsp3) is 0.273. The Balaban J connectivity index is 2.00. The van der Waals surface area contributed by atoms with E-state index in [1.54, 1.807) is 16.8 Å². The molecule has 2 aromatic carbocycles. The quantitative estimate of drug-likeness (QED) is 0.682. The van der Waals surface area contributed by atoms with Crippen LogP contribution < -0.4 is 5.32 Å². The van der Waals surface area contributed by atoms with E-state index in [9.17, 15) is 4.79 Å². The summed E-state index contributed by atoms with van der Waals surface area (Å²) in [7, 11) is 3.95. The Bertz CT molecular complexity index is 977. The first-order valence-corrected chi connectivity index (χ1v) is 9.59. The molecule has 3 aromatic rings. The number of aromatic nitrogens is 2. The van der Waals surface area contributed by atoms with Gasteiger partial charge in [-0.2, -0.15) is 5.10 Å². The van der Waals surface area contributed by atoms with Crippen LogP contribution in [0.3, 0.4) is 0 Å². The average Bonchev–Trinajstić information content (AvgIpc) is 3.09. The molecule has 0 aliphatic heterocycles. The maximum atomic E-state index is 12.8. The van der Waals surface area contributed by atoms with Gasteiger partial charge in [0.1, 0.15) is 5.69 Å². The Labute approximate surface area is 170 Å². The van der Waals surface area contributed by atoms with Crippen molar-refractivity contribution < 1.29 is 4.79 Å². The minimum Gasteiger partial charge on any atom is -0.349 e. The SMILES string of the molecule is Cc1ccc(-c2cc(C(=O)NCCN(C)C)n(-c3ccc(Cl)cc3)n2)cc1C. The number of amides is 1. The summed E-state index contributed by atoms with van der Waals surface area (Å²) in [5.74, 6) is -0.153. The number of carbonyl (C=O) groups excluding carboxylic acids is 1. The molecule has 0 spiro atoms. The molecule has 0 unspecified atom stereocenters. The number of likely N-dealkylation sites (N-methyl/N-ethyl adjacent to an activating group) is 1. The third kappa shape index (κ3) is 4.61. The fourth-order valence-electron chi connectivity index (χ4n) is 2.85. The second kappa shape index (κ2) is 8.59. The first-order chi connectivity index (χ1) is 13.3. The van der Waals surface area contributed by atoms with Crippen molar-refractivity contribution in [3.8, 4) is 16.9 Å². The second-order valence-electron chi connectivity index (χ2n) is 7.16. The largest absolute Gasteiger partial charge is 0.349 e. The fourth-order valence-corrected chi connectivity index (χ4v) is 2.97. The van der Waals surface area contributed by atoms with Crippen LogP contribution in [-0.4, -0.2) is 47.8 Å². The summed E-state index contributed by atoms with van der Waals surface area (Å²) < 4.78 is 1.67. The lowest BCUT2D eigenvalue weighted by Crippen LogP contribution is -2.32. The lowest BCUT2D eigenvalue weighted by atomic mass is 10.0. The van der Waals surface area contributed by atoms with Crippen molar-refractivity contribution in [3.63, 3.8) is 0 Å². The number of nitrogens with one attached hydrogen (secondary N) is 1. The summed E-state index contributed by atoms with van der Waals surface area (Å²) in [4.78, 5) is 14.9. The van der Waals surface area contributed by atoms with Crippen molar-refractivity contribution in [3.05, 3.63) is 70.4 Å². The molecule has 0 atom stereocenters. The van der Waals surface area contributed by atoms with Gasteiger partial charge in [-0.1, -0.05) is 23.7 Å². The van der Waals surface area contributed by atoms with Crippen LogP contribution in [0.15, 0.2) is 48.5 Å². The second-order valence-corrected chi connectivity index (χ2v) is 7.60. The van der Waals surface area contributed by atoms with E-state index in [0.29, 0.717) is 17.3 Å². The molecule has 1 N–H and O–H groups in total. The Hall–Kier alpha value is -2.63. The molecule has 1 heterocycles. The van der Waals surface area contributed by atoms with E-state index in [-0.39, 0.29) is 5.91 Å². The van der Waals surface area contributed by atoms with Crippen LogP contribution in [0.1, 0.15) is 21.6 Å². The molecular weight excluding hydrogens is 372 g/mol. The van der Waals surface area contributed by atoms with Gasteiger partial charge < -0.3 is 10.2 Å². The normalized spacial score (nSPS) is 11.1. The summed E-state index contributed by atoms with van der Waals surface area (Å²) in [5, 5.41) is 8.33. The highest BCUT2D eigenvalue weighted by atomic mass is 35.5. The highest BCUT2D eigenvalue weighted by Crippen LogP contribution is 2.24. The Kier molecular flexibility index (Phi) is 6.17. The molecule has 0 bridgehead atoms. The number of hydrogen-bond donors (Lipinski definition) is 1. The van der Waals surface area contributed by atoms with Gasteiger partial charge in [0.15, 0.2) is 0 Å². The van der Waals surface area contributed by atoms with Gasteiger partial charge in [0, 0.05) is 23.7 Å². The molecule has 1 amide bonds. The van der Waals surface area contributed by atoms with Gasteiger partial charge in [0.25, 0.3) is 5.91 Å². The van der Waals surface area contributed by atoms with Gasteiger partial charge in [-0.3, -0.25) is 4.79 Å². The van der Waals surface area contributed by atoms with E-state index in [0.717, 1.165) is 23.5 Å². The molecule has 0 saturated carbocycles. The first kappa shape index (κ1) is 20.1. The van der Waals surface area contributed by atoms with Gasteiger partial charge in [-0.25, -0.2) is 4.68 Å². The Morgan fingerprint density at radius 1 is 1.07 bits per heavy atom. The highest BCUT2D eigenvalue weighted by molar-refractivity contribution is 6.30. The van der Waals surface area contributed by atoms with Crippen LogP contribution in [-0.2, 0) is 0 Å². The molecule has 1 aromatic heterocycles. The number of carbonyl (C=O) groups is 1. The zero-order valence-corrected chi connectivity index (χ0v) is 17.4. The maximum absolute atomic E-state index is 12.8. The van der Waals surface area contributed by atoms with E-state index in [2.05, 4.69) is 31.3 Å². The molecule has 0 saturated heterocycles. The van der Waals surface area contributed by atoms with Crippen molar-refractivity contribution in [2.24, 2.45) is 0 Å². The van der Waals surface area contributed by atoms with E-state index in [1.165, 1.54) is 11.1 Å². The van der Waals surface area contributed by atoms with E-state index < -0.39 is 0 Å². The topological polar surface area (TPSA) is 50.2 Å². The number of halogens is 1. The van der Waals surface area contributed by atoms with E-state index >= 15 is 0 Å². The van der Waals surface area contributed by atoms with Crippen LogP contribution in [0.5, 0.6) is 0 Å². The number of benzene rings is 2. The third-order valence-corrected chi connectivity index (χ3v) is 4.91. The summed E-state index contributed by atoms with van der Waals surface area (Å²) in [6.07, 6.45) is 0. The number of rotatable bonds is 6. The Morgan fingerprint density at radius 2 is 1.79 bits per heavy atom. The van der Waals surface area contributed by atoms with Gasteiger partial charge in [0.05, 0.1) is 11.4 Å². The standard InChI is InChI=1S/C22H25ClN4O/c1-15-5-6-17(13-16(15)2)20-14-21(22(28)24-11-12-26(3)4)27(25-20)19-9-7-18(23)8-10-19/h5-10,13-14H,11-12H2,1-4H3,(H,24,28). The third-order valence-electron chi connectivity index (χ3n) is 4.66. The van der Waals surface area contributed by atoms with Crippen LogP contribution in [0.25, 0.3) is 16.9 Å². The molecule has 0 aliphatic rings. The minimum absolute atomic E-state index is 0.153. The van der Waals surface area contributed by atoms with Crippen molar-refractivity contribution >= 4 is 17.5 Å². The lowest BCUT2D eigenvalue weighted by molar-refractivity contribution is 0.0943. The van der Waals surface area contributed by atoms with Crippen LogP contribution in [0.2, 0.25) is 5.02 Å². The Morgan fingerprint density at radius 3 is 2.43 bits per heavy atom. The molecular formula is C22H25ClN4O. The predicted octanol–water partition coefficient (Wildman–Crippen LogP) is 4.10. The van der Waals surface area contributed by atoms with E-state index in [1.807, 2.05) is 43.3 Å². The van der Waals surface area contributed by atoms with Crippen molar-refractivity contribution in [1.29, 1.82) is 0 Å². The molecule has 0 aliphatic carbocycles. The van der Waals surface area contributed by atoms with Crippen LogP contribution in [0.4, 0.5) is 0 Å². The number of aryl methyl sites for hydroxylation is 2. The molecule has 146 valence electrons. The summed E-state index contributed by atoms with van der Waals surface area (Å²) in [5.41, 5.74) is 5.44. The molecule has 5 nitrogen and oxygen atoms in total. The molecule has 6 heteroatoms. The minimum atomic E-state index is -0.153. The number of nitrogens with zero attached hydrogens (tertiary/aromatic N) is 3. The predicted molar refractivity (Wildman–Crippen MR) is 114 cm³/mol. The van der Waals surface area contributed by atoms with Crippen LogP contribution >= 0.6 is 11.6 Å². The van der Waals surface area contributed by atoms with Crippen molar-refractivity contribution in [2.75, 3.05) is 27.2 Å². The monoisotopic (exact) mass is 396 g/mol. The lowest BCUT2D eigenvalue weighted by Gasteiger charge is -2.11. The maximum Gasteiger partial charge on any atom is 0.270 e. The summed E-state index contributed by atoms with van der Waals surface area (Å²) in [6.45, 7) is 5.49. The van der Waals surface area contributed by atoms with Gasteiger partial charge in [-0.05, 0) is 75.5 Å².